The molecule has 1 amide bonds. The molecule has 0 bridgehead atoms. The minimum absolute atomic E-state index is 0.0220. The first kappa shape index (κ1) is 20.1. The predicted molar refractivity (Wildman–Crippen MR) is 103 cm³/mol. The molecule has 1 atom stereocenters. The van der Waals surface area contributed by atoms with Crippen LogP contribution in [0.4, 0.5) is 0 Å². The molecule has 2 aromatic rings. The van der Waals surface area contributed by atoms with Gasteiger partial charge in [-0.15, -0.1) is 0 Å². The summed E-state index contributed by atoms with van der Waals surface area (Å²) in [5.41, 5.74) is 2.12. The Kier molecular flexibility index (Phi) is 6.94. The fourth-order valence-electron chi connectivity index (χ4n) is 2.90. The van der Waals surface area contributed by atoms with Crippen molar-refractivity contribution in [1.82, 2.24) is 5.32 Å². The van der Waals surface area contributed by atoms with E-state index >= 15 is 0 Å². The van der Waals surface area contributed by atoms with Crippen molar-refractivity contribution in [3.05, 3.63) is 65.7 Å². The van der Waals surface area contributed by atoms with Crippen LogP contribution in [0.5, 0.6) is 0 Å². The highest BCUT2D eigenvalue weighted by molar-refractivity contribution is 7.89. The summed E-state index contributed by atoms with van der Waals surface area (Å²) >= 11 is 0. The Morgan fingerprint density at radius 3 is 2.19 bits per heavy atom. The third kappa shape index (κ3) is 5.97. The molecule has 0 fully saturated rings. The number of nitrogens with two attached hydrogens (primary N) is 1. The van der Waals surface area contributed by atoms with Crippen LogP contribution in [0.25, 0.3) is 0 Å². The zero-order valence-electron chi connectivity index (χ0n) is 15.2. The summed E-state index contributed by atoms with van der Waals surface area (Å²) in [6, 6.07) is 16.5. The number of amides is 1. The van der Waals surface area contributed by atoms with Crippen molar-refractivity contribution in [1.29, 1.82) is 0 Å². The van der Waals surface area contributed by atoms with Gasteiger partial charge in [-0.3, -0.25) is 4.79 Å². The third-order valence-corrected chi connectivity index (χ3v) is 5.35. The molecule has 2 aromatic carbocycles. The highest BCUT2D eigenvalue weighted by Gasteiger charge is 2.19. The third-order valence-electron chi connectivity index (χ3n) is 4.43. The molecule has 0 aliphatic heterocycles. The van der Waals surface area contributed by atoms with Gasteiger partial charge < -0.3 is 5.32 Å². The first-order chi connectivity index (χ1) is 12.3. The van der Waals surface area contributed by atoms with Crippen LogP contribution in [0.15, 0.2) is 59.5 Å². The van der Waals surface area contributed by atoms with E-state index in [1.54, 1.807) is 12.1 Å². The molecule has 3 N–H and O–H groups in total. The average molecular weight is 375 g/mol. The highest BCUT2D eigenvalue weighted by atomic mass is 32.2. The van der Waals surface area contributed by atoms with Crippen molar-refractivity contribution in [2.24, 2.45) is 11.1 Å². The van der Waals surface area contributed by atoms with Crippen molar-refractivity contribution in [3.8, 4) is 0 Å². The Morgan fingerprint density at radius 2 is 1.65 bits per heavy atom. The molecule has 0 radical (unpaired) electrons. The number of nitrogens with one attached hydrogen (secondary N) is 1. The van der Waals surface area contributed by atoms with Gasteiger partial charge in [-0.1, -0.05) is 56.3 Å². The van der Waals surface area contributed by atoms with E-state index < -0.39 is 10.0 Å². The lowest BCUT2D eigenvalue weighted by atomic mass is 9.85. The Bertz CT molecular complexity index is 816. The van der Waals surface area contributed by atoms with E-state index in [-0.39, 0.29) is 16.7 Å². The monoisotopic (exact) mass is 374 g/mol. The summed E-state index contributed by atoms with van der Waals surface area (Å²) in [4.78, 5) is 12.4. The second kappa shape index (κ2) is 8.96. The summed E-state index contributed by atoms with van der Waals surface area (Å²) in [6.45, 7) is 4.75. The second-order valence-electron chi connectivity index (χ2n) is 6.75. The molecular weight excluding hydrogens is 348 g/mol. The predicted octanol–water partition coefficient (Wildman–Crippen LogP) is 2.82. The summed E-state index contributed by atoms with van der Waals surface area (Å²) in [5, 5.41) is 8.03. The molecule has 0 saturated heterocycles. The lowest BCUT2D eigenvalue weighted by molar-refractivity contribution is -0.121. The first-order valence-corrected chi connectivity index (χ1v) is 10.3. The Morgan fingerprint density at radius 1 is 1.04 bits per heavy atom. The highest BCUT2D eigenvalue weighted by Crippen LogP contribution is 2.27. The van der Waals surface area contributed by atoms with Gasteiger partial charge in [0.2, 0.25) is 15.9 Å². The zero-order valence-corrected chi connectivity index (χ0v) is 16.0. The molecule has 0 aliphatic rings. The quantitative estimate of drug-likeness (QED) is 0.744. The van der Waals surface area contributed by atoms with E-state index in [0.717, 1.165) is 5.56 Å². The Hall–Kier alpha value is -2.18. The number of carbonyl (C=O) groups is 1. The normalized spacial score (nSPS) is 12.8. The maximum Gasteiger partial charge on any atom is 0.238 e. The first-order valence-electron chi connectivity index (χ1n) is 8.70. The van der Waals surface area contributed by atoms with Crippen LogP contribution in [0.3, 0.4) is 0 Å². The SMILES string of the molecule is CC(C)C(CC(=O)NCCc1ccc(S(N)(=O)=O)cc1)c1ccccc1. The average Bonchev–Trinajstić information content (AvgIpc) is 2.60. The molecule has 0 spiro atoms. The standard InChI is InChI=1S/C20H26N2O3S/c1-15(2)19(17-6-4-3-5-7-17)14-20(23)22-13-12-16-8-10-18(11-9-16)26(21,24)25/h3-11,15,19H,12-14H2,1-2H3,(H,22,23)(H2,21,24,25). The molecule has 2 rings (SSSR count). The van der Waals surface area contributed by atoms with Gasteiger partial charge in [0.25, 0.3) is 0 Å². The van der Waals surface area contributed by atoms with Gasteiger partial charge >= 0.3 is 0 Å². The maximum absolute atomic E-state index is 12.3. The van der Waals surface area contributed by atoms with Gasteiger partial charge in [-0.25, -0.2) is 13.6 Å². The van der Waals surface area contributed by atoms with Crippen molar-refractivity contribution >= 4 is 15.9 Å². The molecule has 26 heavy (non-hydrogen) atoms. The van der Waals surface area contributed by atoms with Crippen LogP contribution in [0.2, 0.25) is 0 Å². The van der Waals surface area contributed by atoms with E-state index in [0.29, 0.717) is 25.3 Å². The van der Waals surface area contributed by atoms with Gasteiger partial charge in [-0.05, 0) is 41.5 Å². The maximum atomic E-state index is 12.3. The number of carbonyl (C=O) groups excluding carboxylic acids is 1. The fraction of sp³-hybridized carbons (Fsp3) is 0.350. The lowest BCUT2D eigenvalue weighted by Crippen LogP contribution is -2.28. The van der Waals surface area contributed by atoms with Crippen molar-refractivity contribution in [2.75, 3.05) is 6.54 Å². The summed E-state index contributed by atoms with van der Waals surface area (Å²) in [7, 11) is -3.67. The summed E-state index contributed by atoms with van der Waals surface area (Å²) in [5.74, 6) is 0.577. The van der Waals surface area contributed by atoms with Gasteiger partial charge in [0.1, 0.15) is 0 Å². The molecule has 0 saturated carbocycles. The Balaban J connectivity index is 1.86. The molecule has 0 aliphatic carbocycles. The van der Waals surface area contributed by atoms with Gasteiger partial charge in [0.15, 0.2) is 0 Å². The molecule has 0 heterocycles. The van der Waals surface area contributed by atoms with Crippen LogP contribution in [0.1, 0.15) is 37.3 Å². The number of benzene rings is 2. The van der Waals surface area contributed by atoms with Gasteiger partial charge in [-0.2, -0.15) is 0 Å². The minimum atomic E-state index is -3.67. The Labute approximate surface area is 155 Å². The second-order valence-corrected chi connectivity index (χ2v) is 8.32. The number of hydrogen-bond acceptors (Lipinski definition) is 3. The van der Waals surface area contributed by atoms with E-state index in [1.165, 1.54) is 17.7 Å². The fourth-order valence-corrected chi connectivity index (χ4v) is 3.42. The molecule has 6 heteroatoms. The van der Waals surface area contributed by atoms with E-state index in [2.05, 4.69) is 31.3 Å². The number of hydrogen-bond donors (Lipinski definition) is 2. The molecule has 0 aromatic heterocycles. The molecule has 5 nitrogen and oxygen atoms in total. The van der Waals surface area contributed by atoms with Crippen molar-refractivity contribution in [3.63, 3.8) is 0 Å². The van der Waals surface area contributed by atoms with Gasteiger partial charge in [0, 0.05) is 13.0 Å². The number of sulfonamides is 1. The largest absolute Gasteiger partial charge is 0.356 e. The van der Waals surface area contributed by atoms with Crippen LogP contribution in [0, 0.1) is 5.92 Å². The minimum Gasteiger partial charge on any atom is -0.356 e. The lowest BCUT2D eigenvalue weighted by Gasteiger charge is -2.21. The van der Waals surface area contributed by atoms with E-state index in [1.807, 2.05) is 18.2 Å². The zero-order chi connectivity index (χ0) is 19.2. The van der Waals surface area contributed by atoms with Crippen LogP contribution in [-0.2, 0) is 21.2 Å². The van der Waals surface area contributed by atoms with Crippen LogP contribution < -0.4 is 10.5 Å². The summed E-state index contributed by atoms with van der Waals surface area (Å²) < 4.78 is 22.5. The molecular formula is C20H26N2O3S. The number of primary sulfonamides is 1. The van der Waals surface area contributed by atoms with E-state index in [4.69, 9.17) is 5.14 Å². The molecule has 140 valence electrons. The van der Waals surface area contributed by atoms with Gasteiger partial charge in [0.05, 0.1) is 4.90 Å². The van der Waals surface area contributed by atoms with Crippen molar-refractivity contribution < 1.29 is 13.2 Å². The smallest absolute Gasteiger partial charge is 0.238 e. The van der Waals surface area contributed by atoms with E-state index in [9.17, 15) is 13.2 Å². The molecule has 1 unspecified atom stereocenters. The van der Waals surface area contributed by atoms with Crippen molar-refractivity contribution in [2.45, 2.75) is 37.5 Å². The topological polar surface area (TPSA) is 89.3 Å². The number of rotatable bonds is 8. The van der Waals surface area contributed by atoms with Crippen LogP contribution >= 0.6 is 0 Å². The summed E-state index contributed by atoms with van der Waals surface area (Å²) in [6.07, 6.45) is 1.08. The van der Waals surface area contributed by atoms with Crippen LogP contribution in [-0.4, -0.2) is 20.9 Å².